The van der Waals surface area contributed by atoms with Gasteiger partial charge in [0.15, 0.2) is 5.82 Å². The van der Waals surface area contributed by atoms with Crippen molar-refractivity contribution in [3.8, 4) is 11.5 Å². The number of fused-ring (bicyclic) bond motifs is 1. The van der Waals surface area contributed by atoms with Crippen molar-refractivity contribution in [3.05, 3.63) is 45.2 Å². The number of carboxylic acid groups (broad SMARTS) is 1. The van der Waals surface area contributed by atoms with Crippen LogP contribution in [-0.2, 0) is 11.3 Å². The third-order valence-electron chi connectivity index (χ3n) is 3.94. The van der Waals surface area contributed by atoms with Gasteiger partial charge in [0, 0.05) is 19.2 Å². The highest BCUT2D eigenvalue weighted by molar-refractivity contribution is 7.20. The number of aliphatic carboxylic acids is 1. The molecule has 1 amide bonds. The minimum atomic E-state index is -0.936. The minimum Gasteiger partial charge on any atom is -0.481 e. The molecule has 3 aromatic rings. The zero-order chi connectivity index (χ0) is 18.8. The van der Waals surface area contributed by atoms with Gasteiger partial charge in [-0.3, -0.25) is 23.9 Å². The van der Waals surface area contributed by atoms with E-state index in [4.69, 9.17) is 10.8 Å². The summed E-state index contributed by atoms with van der Waals surface area (Å²) in [4.78, 5) is 45.0. The first-order valence-electron chi connectivity index (χ1n) is 7.87. The lowest BCUT2D eigenvalue weighted by atomic mass is 10.2. The average molecular weight is 372 g/mol. The van der Waals surface area contributed by atoms with Crippen molar-refractivity contribution in [3.63, 3.8) is 0 Å². The topological polar surface area (TPSA) is 128 Å². The molecule has 0 unspecified atom stereocenters. The van der Waals surface area contributed by atoms with Crippen LogP contribution in [0.2, 0.25) is 0 Å². The third kappa shape index (κ3) is 3.21. The Balaban J connectivity index is 2.24. The maximum absolute atomic E-state index is 13.1. The summed E-state index contributed by atoms with van der Waals surface area (Å²) in [5.74, 6) is -1.21. The molecule has 0 atom stereocenters. The van der Waals surface area contributed by atoms with Gasteiger partial charge >= 0.3 is 5.97 Å². The fraction of sp³-hybridized carbons (Fsp3) is 0.235. The molecule has 0 saturated carbocycles. The molecule has 0 aliphatic heterocycles. The molecule has 0 aliphatic rings. The second-order valence-electron chi connectivity index (χ2n) is 5.71. The zero-order valence-electron chi connectivity index (χ0n) is 13.9. The second-order valence-corrected chi connectivity index (χ2v) is 6.70. The van der Waals surface area contributed by atoms with E-state index in [0.717, 1.165) is 11.3 Å². The van der Waals surface area contributed by atoms with Crippen molar-refractivity contribution in [2.75, 3.05) is 0 Å². The molecule has 0 saturated heterocycles. The number of aromatic nitrogens is 3. The Morgan fingerprint density at radius 1 is 1.35 bits per heavy atom. The summed E-state index contributed by atoms with van der Waals surface area (Å²) < 4.78 is 1.41. The van der Waals surface area contributed by atoms with Crippen LogP contribution in [-0.4, -0.2) is 31.5 Å². The lowest BCUT2D eigenvalue weighted by molar-refractivity contribution is -0.137. The normalized spacial score (nSPS) is 11.0. The van der Waals surface area contributed by atoms with Gasteiger partial charge < -0.3 is 10.8 Å². The van der Waals surface area contributed by atoms with Gasteiger partial charge in [0.05, 0.1) is 10.3 Å². The quantitative estimate of drug-likeness (QED) is 0.679. The van der Waals surface area contributed by atoms with Crippen LogP contribution < -0.4 is 11.3 Å². The zero-order valence-corrected chi connectivity index (χ0v) is 14.7. The number of carboxylic acids is 1. The van der Waals surface area contributed by atoms with Crippen LogP contribution in [0.25, 0.3) is 21.7 Å². The monoisotopic (exact) mass is 372 g/mol. The Hall–Kier alpha value is -3.07. The summed E-state index contributed by atoms with van der Waals surface area (Å²) in [7, 11) is 0. The molecule has 3 N–H and O–H groups in total. The molecule has 8 nitrogen and oxygen atoms in total. The highest BCUT2D eigenvalue weighted by Gasteiger charge is 2.21. The van der Waals surface area contributed by atoms with Crippen molar-refractivity contribution in [2.24, 2.45) is 5.73 Å². The van der Waals surface area contributed by atoms with E-state index >= 15 is 0 Å². The van der Waals surface area contributed by atoms with Gasteiger partial charge in [0.25, 0.3) is 11.5 Å². The summed E-state index contributed by atoms with van der Waals surface area (Å²) in [6.45, 7) is 1.84. The van der Waals surface area contributed by atoms with Gasteiger partial charge in [0.1, 0.15) is 10.5 Å². The number of thiophene rings is 1. The first kappa shape index (κ1) is 17.7. The molecule has 0 aliphatic carbocycles. The van der Waals surface area contributed by atoms with Crippen molar-refractivity contribution in [1.82, 2.24) is 14.5 Å². The molecule has 0 fully saturated rings. The number of aryl methyl sites for hydroxylation is 1. The molecule has 3 rings (SSSR count). The second kappa shape index (κ2) is 7.04. The number of primary amides is 1. The van der Waals surface area contributed by atoms with Crippen LogP contribution in [0.1, 0.15) is 28.1 Å². The number of hydrogen-bond donors (Lipinski definition) is 2. The molecule has 0 radical (unpaired) electrons. The van der Waals surface area contributed by atoms with Gasteiger partial charge in [-0.2, -0.15) is 0 Å². The maximum Gasteiger partial charge on any atom is 0.303 e. The van der Waals surface area contributed by atoms with E-state index in [1.165, 1.54) is 4.57 Å². The first-order chi connectivity index (χ1) is 12.4. The SMILES string of the molecule is Cc1c(C(N)=O)sc2nc(-c3ccccn3)n(CCCC(=O)O)c(=O)c12. The van der Waals surface area contributed by atoms with E-state index in [2.05, 4.69) is 9.97 Å². The van der Waals surface area contributed by atoms with Crippen molar-refractivity contribution >= 4 is 33.4 Å². The minimum absolute atomic E-state index is 0.0682. The van der Waals surface area contributed by atoms with Crippen LogP contribution in [0.4, 0.5) is 0 Å². The van der Waals surface area contributed by atoms with Gasteiger partial charge in [-0.05, 0) is 31.0 Å². The van der Waals surface area contributed by atoms with E-state index in [-0.39, 0.29) is 24.9 Å². The molecule has 134 valence electrons. The van der Waals surface area contributed by atoms with Gasteiger partial charge in [-0.25, -0.2) is 4.98 Å². The van der Waals surface area contributed by atoms with Crippen molar-refractivity contribution in [1.29, 1.82) is 0 Å². The predicted octanol–water partition coefficient (Wildman–Crippen LogP) is 1.79. The molecule has 0 spiro atoms. The average Bonchev–Trinajstić information content (AvgIpc) is 2.94. The molecule has 3 aromatic heterocycles. The largest absolute Gasteiger partial charge is 0.481 e. The smallest absolute Gasteiger partial charge is 0.303 e. The third-order valence-corrected chi connectivity index (χ3v) is 5.14. The summed E-state index contributed by atoms with van der Waals surface area (Å²) in [5, 5.41) is 9.19. The number of amides is 1. The van der Waals surface area contributed by atoms with E-state index in [0.29, 0.717) is 32.2 Å². The summed E-state index contributed by atoms with van der Waals surface area (Å²) in [6, 6.07) is 5.24. The number of pyridine rings is 1. The lowest BCUT2D eigenvalue weighted by Crippen LogP contribution is -2.24. The maximum atomic E-state index is 13.1. The first-order valence-corrected chi connectivity index (χ1v) is 8.68. The van der Waals surface area contributed by atoms with E-state index < -0.39 is 11.9 Å². The molecule has 0 aromatic carbocycles. The van der Waals surface area contributed by atoms with Crippen LogP contribution in [0, 0.1) is 6.92 Å². The molecule has 26 heavy (non-hydrogen) atoms. The Morgan fingerprint density at radius 2 is 2.12 bits per heavy atom. The van der Waals surface area contributed by atoms with Crippen LogP contribution in [0.3, 0.4) is 0 Å². The van der Waals surface area contributed by atoms with E-state index in [1.807, 2.05) is 0 Å². The van der Waals surface area contributed by atoms with Crippen LogP contribution in [0.5, 0.6) is 0 Å². The number of hydrogen-bond acceptors (Lipinski definition) is 6. The number of carbonyl (C=O) groups is 2. The van der Waals surface area contributed by atoms with Gasteiger partial charge in [0.2, 0.25) is 0 Å². The fourth-order valence-electron chi connectivity index (χ4n) is 2.74. The Labute approximate surface area is 151 Å². The predicted molar refractivity (Wildman–Crippen MR) is 97.2 cm³/mol. The fourth-order valence-corrected chi connectivity index (χ4v) is 3.76. The lowest BCUT2D eigenvalue weighted by Gasteiger charge is -2.11. The number of nitrogens with zero attached hydrogens (tertiary/aromatic N) is 3. The number of carbonyl (C=O) groups excluding carboxylic acids is 1. The summed E-state index contributed by atoms with van der Waals surface area (Å²) in [6.07, 6.45) is 1.79. The van der Waals surface area contributed by atoms with Gasteiger partial charge in [-0.15, -0.1) is 11.3 Å². The van der Waals surface area contributed by atoms with Crippen molar-refractivity contribution in [2.45, 2.75) is 26.3 Å². The highest BCUT2D eigenvalue weighted by atomic mass is 32.1. The molecular weight excluding hydrogens is 356 g/mol. The van der Waals surface area contributed by atoms with Gasteiger partial charge in [-0.1, -0.05) is 6.07 Å². The Morgan fingerprint density at radius 3 is 2.73 bits per heavy atom. The number of rotatable bonds is 6. The molecular formula is C17H16N4O4S. The molecule has 0 bridgehead atoms. The molecule has 9 heteroatoms. The standard InChI is InChI=1S/C17H16N4O4S/c1-9-12-16(26-13(9)14(18)24)20-15(10-5-2-3-7-19-10)21(17(12)25)8-4-6-11(22)23/h2-3,5,7H,4,6,8H2,1H3,(H2,18,24)(H,22,23). The summed E-state index contributed by atoms with van der Waals surface area (Å²) >= 11 is 1.07. The van der Waals surface area contributed by atoms with E-state index in [9.17, 15) is 14.4 Å². The van der Waals surface area contributed by atoms with E-state index in [1.54, 1.807) is 31.3 Å². The van der Waals surface area contributed by atoms with Crippen molar-refractivity contribution < 1.29 is 14.7 Å². The Bertz CT molecular complexity index is 1060. The Kier molecular flexibility index (Phi) is 4.81. The summed E-state index contributed by atoms with van der Waals surface area (Å²) in [5.41, 5.74) is 6.04. The van der Waals surface area contributed by atoms with Crippen LogP contribution >= 0.6 is 11.3 Å². The number of nitrogens with two attached hydrogens (primary N) is 1. The highest BCUT2D eigenvalue weighted by Crippen LogP contribution is 2.28. The van der Waals surface area contributed by atoms with Crippen LogP contribution in [0.15, 0.2) is 29.2 Å². The molecule has 3 heterocycles.